The summed E-state index contributed by atoms with van der Waals surface area (Å²) in [7, 11) is 1.44. The number of hydrogen-bond acceptors (Lipinski definition) is 5. The van der Waals surface area contributed by atoms with Gasteiger partial charge in [-0.2, -0.15) is 0 Å². The Balaban J connectivity index is 1.77. The number of benzene rings is 1. The second-order valence-corrected chi connectivity index (χ2v) is 6.25. The van der Waals surface area contributed by atoms with Crippen molar-refractivity contribution in [1.29, 1.82) is 0 Å². The van der Waals surface area contributed by atoms with Crippen LogP contribution in [0.2, 0.25) is 0 Å². The fourth-order valence-corrected chi connectivity index (χ4v) is 3.34. The van der Waals surface area contributed by atoms with E-state index >= 15 is 0 Å². The maximum Gasteiger partial charge on any atom is 0.316 e. The Bertz CT molecular complexity index is 530. The Morgan fingerprint density at radius 1 is 1.26 bits per heavy atom. The fourth-order valence-electron chi connectivity index (χ4n) is 3.34. The monoisotopic (exact) mass is 320 g/mol. The van der Waals surface area contributed by atoms with Gasteiger partial charge in [-0.15, -0.1) is 0 Å². The average Bonchev–Trinajstić information content (AvgIpc) is 3.13. The number of rotatable bonds is 5. The highest BCUT2D eigenvalue weighted by Crippen LogP contribution is 2.37. The third-order valence-electron chi connectivity index (χ3n) is 4.82. The average molecular weight is 320 g/mol. The largest absolute Gasteiger partial charge is 0.493 e. The van der Waals surface area contributed by atoms with E-state index in [0.717, 1.165) is 30.9 Å². The lowest BCUT2D eigenvalue weighted by molar-refractivity contribution is -0.151. The number of methoxy groups -OCH3 is 1. The Hall–Kier alpha value is -1.59. The van der Waals surface area contributed by atoms with Crippen LogP contribution in [-0.2, 0) is 24.4 Å². The first-order chi connectivity index (χ1) is 11.2. The summed E-state index contributed by atoms with van der Waals surface area (Å²) >= 11 is 0. The van der Waals surface area contributed by atoms with Crippen molar-refractivity contribution in [3.05, 3.63) is 29.8 Å². The van der Waals surface area contributed by atoms with Gasteiger partial charge in [0.15, 0.2) is 0 Å². The van der Waals surface area contributed by atoms with Crippen molar-refractivity contribution in [3.63, 3.8) is 0 Å². The second kappa shape index (κ2) is 7.32. The zero-order valence-electron chi connectivity index (χ0n) is 13.6. The molecule has 0 spiro atoms. The van der Waals surface area contributed by atoms with Gasteiger partial charge in [-0.1, -0.05) is 12.1 Å². The highest BCUT2D eigenvalue weighted by molar-refractivity contribution is 5.83. The van der Waals surface area contributed by atoms with E-state index in [9.17, 15) is 4.79 Å². The molecule has 126 valence electrons. The first-order valence-corrected chi connectivity index (χ1v) is 8.22. The zero-order chi connectivity index (χ0) is 16.1. The van der Waals surface area contributed by atoms with Crippen LogP contribution in [0.4, 0.5) is 0 Å². The number of carbonyl (C=O) groups is 1. The van der Waals surface area contributed by atoms with E-state index in [4.69, 9.17) is 18.9 Å². The molecule has 0 aliphatic carbocycles. The van der Waals surface area contributed by atoms with Crippen molar-refractivity contribution < 1.29 is 23.7 Å². The van der Waals surface area contributed by atoms with E-state index in [2.05, 4.69) is 0 Å². The van der Waals surface area contributed by atoms with Crippen LogP contribution in [0, 0.1) is 5.92 Å². The van der Waals surface area contributed by atoms with Crippen molar-refractivity contribution >= 4 is 5.97 Å². The molecule has 5 heteroatoms. The van der Waals surface area contributed by atoms with E-state index in [1.54, 1.807) is 0 Å². The molecule has 2 saturated heterocycles. The van der Waals surface area contributed by atoms with Crippen molar-refractivity contribution in [2.45, 2.75) is 24.7 Å². The van der Waals surface area contributed by atoms with Crippen molar-refractivity contribution in [3.8, 4) is 5.75 Å². The first-order valence-electron chi connectivity index (χ1n) is 8.22. The summed E-state index contributed by atoms with van der Waals surface area (Å²) in [4.78, 5) is 12.4. The van der Waals surface area contributed by atoms with Gasteiger partial charge < -0.3 is 18.9 Å². The summed E-state index contributed by atoms with van der Waals surface area (Å²) in [6.45, 7) is 3.37. The number of esters is 1. The Labute approximate surface area is 136 Å². The van der Waals surface area contributed by atoms with Gasteiger partial charge in [0.1, 0.15) is 5.75 Å². The molecule has 23 heavy (non-hydrogen) atoms. The minimum Gasteiger partial charge on any atom is -0.493 e. The van der Waals surface area contributed by atoms with Crippen LogP contribution in [0.3, 0.4) is 0 Å². The molecule has 0 amide bonds. The number of ether oxygens (including phenoxy) is 4. The number of carbonyl (C=O) groups excluding carboxylic acids is 1. The normalized spacial score (nSPS) is 23.4. The standard InChI is InChI=1S/C18H24O5/c1-20-17(19)18(6-9-21-10-7-18)15-3-2-4-16(11-15)23-13-14-5-8-22-12-14/h2-4,11,14H,5-10,12-13H2,1H3/t14-/m0/s1. The summed E-state index contributed by atoms with van der Waals surface area (Å²) in [5.74, 6) is 1.06. The lowest BCUT2D eigenvalue weighted by Crippen LogP contribution is -2.42. The molecule has 2 heterocycles. The van der Waals surface area contributed by atoms with Crippen molar-refractivity contribution in [2.24, 2.45) is 5.92 Å². The van der Waals surface area contributed by atoms with E-state index in [1.807, 2.05) is 24.3 Å². The molecular weight excluding hydrogens is 296 g/mol. The van der Waals surface area contributed by atoms with E-state index < -0.39 is 5.41 Å². The molecule has 0 aromatic heterocycles. The van der Waals surface area contributed by atoms with Crippen molar-refractivity contribution in [2.75, 3.05) is 40.1 Å². The van der Waals surface area contributed by atoms with Gasteiger partial charge in [-0.25, -0.2) is 0 Å². The predicted octanol–water partition coefficient (Wildman–Crippen LogP) is 2.32. The fraction of sp³-hybridized carbons (Fsp3) is 0.611. The van der Waals surface area contributed by atoms with Gasteiger partial charge in [0.2, 0.25) is 0 Å². The number of hydrogen-bond donors (Lipinski definition) is 0. The summed E-state index contributed by atoms with van der Waals surface area (Å²) in [6.07, 6.45) is 2.32. The smallest absolute Gasteiger partial charge is 0.316 e. The second-order valence-electron chi connectivity index (χ2n) is 6.25. The molecule has 3 rings (SSSR count). The topological polar surface area (TPSA) is 54.0 Å². The molecule has 2 aliphatic heterocycles. The lowest BCUT2D eigenvalue weighted by atomic mass is 9.74. The van der Waals surface area contributed by atoms with Gasteiger partial charge in [-0.05, 0) is 37.0 Å². The molecule has 0 bridgehead atoms. The highest BCUT2D eigenvalue weighted by Gasteiger charge is 2.43. The third kappa shape index (κ3) is 3.51. The maximum absolute atomic E-state index is 12.4. The van der Waals surface area contributed by atoms with Gasteiger partial charge in [-0.3, -0.25) is 4.79 Å². The Morgan fingerprint density at radius 2 is 2.09 bits per heavy atom. The molecule has 1 aromatic carbocycles. The molecule has 1 aromatic rings. The van der Waals surface area contributed by atoms with Gasteiger partial charge in [0, 0.05) is 25.7 Å². The summed E-state index contributed by atoms with van der Waals surface area (Å²) in [5.41, 5.74) is 0.330. The molecule has 0 N–H and O–H groups in total. The highest BCUT2D eigenvalue weighted by atomic mass is 16.5. The van der Waals surface area contributed by atoms with Crippen LogP contribution in [0.25, 0.3) is 0 Å². The summed E-state index contributed by atoms with van der Waals surface area (Å²) < 4.78 is 21.8. The van der Waals surface area contributed by atoms with E-state index in [0.29, 0.717) is 38.6 Å². The van der Waals surface area contributed by atoms with Crippen LogP contribution in [0.15, 0.2) is 24.3 Å². The van der Waals surface area contributed by atoms with E-state index in [1.165, 1.54) is 7.11 Å². The van der Waals surface area contributed by atoms with Crippen LogP contribution in [-0.4, -0.2) is 46.1 Å². The van der Waals surface area contributed by atoms with Gasteiger partial charge >= 0.3 is 5.97 Å². The lowest BCUT2D eigenvalue weighted by Gasteiger charge is -2.35. The molecule has 0 saturated carbocycles. The molecule has 5 nitrogen and oxygen atoms in total. The van der Waals surface area contributed by atoms with Crippen molar-refractivity contribution in [1.82, 2.24) is 0 Å². The van der Waals surface area contributed by atoms with Gasteiger partial charge in [0.25, 0.3) is 0 Å². The quantitative estimate of drug-likeness (QED) is 0.779. The predicted molar refractivity (Wildman–Crippen MR) is 84.6 cm³/mol. The molecule has 0 radical (unpaired) electrons. The van der Waals surface area contributed by atoms with Crippen LogP contribution < -0.4 is 4.74 Å². The Kier molecular flexibility index (Phi) is 5.18. The minimum atomic E-state index is -0.622. The Morgan fingerprint density at radius 3 is 2.78 bits per heavy atom. The van der Waals surface area contributed by atoms with Crippen LogP contribution in [0.5, 0.6) is 5.75 Å². The summed E-state index contributed by atoms with van der Waals surface area (Å²) in [5, 5.41) is 0. The minimum absolute atomic E-state index is 0.192. The molecular formula is C18H24O5. The molecule has 1 atom stereocenters. The molecule has 2 aliphatic rings. The zero-order valence-corrected chi connectivity index (χ0v) is 13.6. The SMILES string of the molecule is COC(=O)C1(c2cccc(OC[C@H]3CCOC3)c2)CCOCC1. The molecule has 2 fully saturated rings. The van der Waals surface area contributed by atoms with E-state index in [-0.39, 0.29) is 5.97 Å². The maximum atomic E-state index is 12.4. The van der Waals surface area contributed by atoms with Crippen LogP contribution >= 0.6 is 0 Å². The van der Waals surface area contributed by atoms with Gasteiger partial charge in [0.05, 0.1) is 25.7 Å². The molecule has 0 unspecified atom stereocenters. The van der Waals surface area contributed by atoms with Crippen LogP contribution in [0.1, 0.15) is 24.8 Å². The third-order valence-corrected chi connectivity index (χ3v) is 4.82. The first kappa shape index (κ1) is 16.3. The summed E-state index contributed by atoms with van der Waals surface area (Å²) in [6, 6.07) is 7.82.